The number of benzene rings is 2. The third-order valence-corrected chi connectivity index (χ3v) is 7.70. The summed E-state index contributed by atoms with van der Waals surface area (Å²) in [6, 6.07) is 14.5. The van der Waals surface area contributed by atoms with Crippen molar-refractivity contribution >= 4 is 15.7 Å². The van der Waals surface area contributed by atoms with Gasteiger partial charge in [-0.1, -0.05) is 45.0 Å². The minimum atomic E-state index is -3.36. The number of nitrogen functional groups attached to an aromatic ring is 1. The summed E-state index contributed by atoms with van der Waals surface area (Å²) in [6.45, 7) is 9.76. The van der Waals surface area contributed by atoms with Crippen LogP contribution in [0.5, 0.6) is 0 Å². The van der Waals surface area contributed by atoms with Gasteiger partial charge in [0.05, 0.1) is 22.0 Å². The van der Waals surface area contributed by atoms with Crippen molar-refractivity contribution < 1.29 is 12.8 Å². The van der Waals surface area contributed by atoms with Crippen molar-refractivity contribution in [2.45, 2.75) is 50.2 Å². The van der Waals surface area contributed by atoms with Crippen molar-refractivity contribution in [2.24, 2.45) is 0 Å². The van der Waals surface area contributed by atoms with Crippen molar-refractivity contribution in [1.82, 2.24) is 20.2 Å². The number of nitrogens with two attached hydrogens (primary N) is 1. The van der Waals surface area contributed by atoms with E-state index in [0.717, 1.165) is 5.56 Å². The van der Waals surface area contributed by atoms with E-state index >= 15 is 0 Å². The van der Waals surface area contributed by atoms with E-state index in [9.17, 15) is 8.42 Å². The van der Waals surface area contributed by atoms with Crippen LogP contribution in [0.2, 0.25) is 0 Å². The molecule has 0 aliphatic rings. The molecule has 2 aromatic heterocycles. The Hall–Kier alpha value is -3.59. The molecule has 0 spiro atoms. The predicted octanol–water partition coefficient (Wildman–Crippen LogP) is 4.92. The van der Waals surface area contributed by atoms with Gasteiger partial charge < -0.3 is 10.2 Å². The zero-order valence-corrected chi connectivity index (χ0v) is 20.6. The SMILES string of the molecule is CC(C)S(=O)(=O)c1ccc(-c2cnc(N)c(-c3nnc(-c4ccc(C(C)(C)C)cc4)o3)n2)cc1. The molecule has 4 rings (SSSR count). The molecular weight excluding hydrogens is 450 g/mol. The molecule has 34 heavy (non-hydrogen) atoms. The summed E-state index contributed by atoms with van der Waals surface area (Å²) in [5.74, 6) is 0.659. The number of nitrogens with zero attached hydrogens (tertiary/aromatic N) is 4. The molecule has 8 nitrogen and oxygen atoms in total. The fourth-order valence-corrected chi connectivity index (χ4v) is 4.39. The van der Waals surface area contributed by atoms with Gasteiger partial charge >= 0.3 is 0 Å². The van der Waals surface area contributed by atoms with Crippen LogP contribution >= 0.6 is 0 Å². The van der Waals surface area contributed by atoms with E-state index in [1.165, 1.54) is 11.8 Å². The lowest BCUT2D eigenvalue weighted by Crippen LogP contribution is -2.13. The predicted molar refractivity (Wildman–Crippen MR) is 132 cm³/mol. The van der Waals surface area contributed by atoms with Crippen molar-refractivity contribution in [3.05, 3.63) is 60.3 Å². The monoisotopic (exact) mass is 477 g/mol. The van der Waals surface area contributed by atoms with Crippen LogP contribution in [0.4, 0.5) is 5.82 Å². The highest BCUT2D eigenvalue weighted by Crippen LogP contribution is 2.30. The highest BCUT2D eigenvalue weighted by Gasteiger charge is 2.20. The summed E-state index contributed by atoms with van der Waals surface area (Å²) < 4.78 is 30.6. The number of hydrogen-bond donors (Lipinski definition) is 1. The van der Waals surface area contributed by atoms with Crippen molar-refractivity contribution in [2.75, 3.05) is 5.73 Å². The van der Waals surface area contributed by atoms with E-state index in [-0.39, 0.29) is 27.7 Å². The molecule has 9 heteroatoms. The number of rotatable bonds is 5. The molecule has 0 saturated heterocycles. The maximum Gasteiger partial charge on any atom is 0.270 e. The smallest absolute Gasteiger partial charge is 0.270 e. The first-order chi connectivity index (χ1) is 16.0. The first-order valence-corrected chi connectivity index (χ1v) is 12.4. The van der Waals surface area contributed by atoms with Gasteiger partial charge in [-0.05, 0) is 49.1 Å². The first-order valence-electron chi connectivity index (χ1n) is 10.9. The average molecular weight is 478 g/mol. The maximum absolute atomic E-state index is 12.4. The molecule has 0 radical (unpaired) electrons. The van der Waals surface area contributed by atoms with E-state index in [0.29, 0.717) is 17.1 Å². The Bertz CT molecular complexity index is 1420. The lowest BCUT2D eigenvalue weighted by molar-refractivity contribution is 0.580. The highest BCUT2D eigenvalue weighted by atomic mass is 32.2. The second kappa shape index (κ2) is 8.64. The molecule has 2 N–H and O–H groups in total. The van der Waals surface area contributed by atoms with Crippen molar-refractivity contribution in [3.8, 4) is 34.3 Å². The van der Waals surface area contributed by atoms with Gasteiger partial charge in [-0.25, -0.2) is 18.4 Å². The summed E-state index contributed by atoms with van der Waals surface area (Å²) >= 11 is 0. The Labute approximate surface area is 199 Å². The Morgan fingerprint density at radius 3 is 2.06 bits per heavy atom. The maximum atomic E-state index is 12.4. The number of aromatic nitrogens is 4. The van der Waals surface area contributed by atoms with E-state index < -0.39 is 15.1 Å². The standard InChI is InChI=1S/C25H27N5O3S/c1-15(2)34(31,32)19-12-8-16(9-13-19)20-14-27-22(26)21(28-20)24-30-29-23(33-24)17-6-10-18(11-7-17)25(3,4)5/h6-15H,1-5H3,(H2,26,27). The van der Waals surface area contributed by atoms with E-state index in [4.69, 9.17) is 10.2 Å². The van der Waals surface area contributed by atoms with E-state index in [2.05, 4.69) is 40.9 Å². The molecule has 0 aliphatic heterocycles. The second-order valence-electron chi connectivity index (χ2n) is 9.35. The van der Waals surface area contributed by atoms with Gasteiger partial charge in [0.1, 0.15) is 0 Å². The Morgan fingerprint density at radius 2 is 1.47 bits per heavy atom. The minimum absolute atomic E-state index is 0.0419. The molecule has 176 valence electrons. The zero-order valence-electron chi connectivity index (χ0n) is 19.8. The molecule has 2 aromatic carbocycles. The van der Waals surface area contributed by atoms with Crippen LogP contribution in [-0.2, 0) is 15.3 Å². The van der Waals surface area contributed by atoms with Gasteiger partial charge in [0.2, 0.25) is 5.89 Å². The lowest BCUT2D eigenvalue weighted by Gasteiger charge is -2.18. The summed E-state index contributed by atoms with van der Waals surface area (Å²) in [5, 5.41) is 7.76. The normalized spacial score (nSPS) is 12.3. The second-order valence-corrected chi connectivity index (χ2v) is 11.9. The minimum Gasteiger partial charge on any atom is -0.414 e. The fraction of sp³-hybridized carbons (Fsp3) is 0.280. The first kappa shape index (κ1) is 23.6. The molecule has 0 atom stereocenters. The largest absolute Gasteiger partial charge is 0.414 e. The van der Waals surface area contributed by atoms with Gasteiger partial charge in [-0.2, -0.15) is 0 Å². The van der Waals surface area contributed by atoms with E-state index in [1.54, 1.807) is 38.1 Å². The van der Waals surface area contributed by atoms with Crippen LogP contribution in [0.1, 0.15) is 40.2 Å². The highest BCUT2D eigenvalue weighted by molar-refractivity contribution is 7.92. The Morgan fingerprint density at radius 1 is 0.882 bits per heavy atom. The number of anilines is 1. The van der Waals surface area contributed by atoms with Crippen LogP contribution in [-0.4, -0.2) is 33.8 Å². The van der Waals surface area contributed by atoms with Gasteiger partial charge in [-0.15, -0.1) is 10.2 Å². The molecule has 0 saturated carbocycles. The zero-order chi connectivity index (χ0) is 24.7. The van der Waals surface area contributed by atoms with Gasteiger partial charge in [0, 0.05) is 11.1 Å². The Kier molecular flexibility index (Phi) is 5.99. The van der Waals surface area contributed by atoms with Gasteiger partial charge in [-0.3, -0.25) is 0 Å². The van der Waals surface area contributed by atoms with Crippen LogP contribution in [0.25, 0.3) is 34.3 Å². The third-order valence-electron chi connectivity index (χ3n) is 5.53. The van der Waals surface area contributed by atoms with Crippen LogP contribution in [0.15, 0.2) is 64.0 Å². The number of sulfone groups is 1. The fourth-order valence-electron chi connectivity index (χ4n) is 3.33. The van der Waals surface area contributed by atoms with Crippen molar-refractivity contribution in [1.29, 1.82) is 0 Å². The van der Waals surface area contributed by atoms with Gasteiger partial charge in [0.15, 0.2) is 21.3 Å². The molecule has 0 amide bonds. The quantitative estimate of drug-likeness (QED) is 0.429. The summed E-state index contributed by atoms with van der Waals surface area (Å²) in [7, 11) is -3.36. The van der Waals surface area contributed by atoms with Crippen LogP contribution < -0.4 is 5.73 Å². The Balaban J connectivity index is 1.64. The average Bonchev–Trinajstić information content (AvgIpc) is 3.29. The van der Waals surface area contributed by atoms with Crippen LogP contribution in [0, 0.1) is 0 Å². The summed E-state index contributed by atoms with van der Waals surface area (Å²) in [5.41, 5.74) is 9.54. The molecule has 0 aliphatic carbocycles. The lowest BCUT2D eigenvalue weighted by atomic mass is 9.87. The van der Waals surface area contributed by atoms with Gasteiger partial charge in [0.25, 0.3) is 5.89 Å². The van der Waals surface area contributed by atoms with Crippen molar-refractivity contribution in [3.63, 3.8) is 0 Å². The number of hydrogen-bond acceptors (Lipinski definition) is 8. The molecule has 0 fully saturated rings. The molecule has 0 bridgehead atoms. The van der Waals surface area contributed by atoms with Crippen LogP contribution in [0.3, 0.4) is 0 Å². The van der Waals surface area contributed by atoms with E-state index in [1.807, 2.05) is 24.3 Å². The molecular formula is C25H27N5O3S. The summed E-state index contributed by atoms with van der Waals surface area (Å²) in [4.78, 5) is 9.04. The molecule has 0 unspecified atom stereocenters. The molecule has 2 heterocycles. The molecule has 4 aromatic rings. The summed E-state index contributed by atoms with van der Waals surface area (Å²) in [6.07, 6.45) is 1.52. The topological polar surface area (TPSA) is 125 Å². The third kappa shape index (κ3) is 4.56.